The largest absolute Gasteiger partial charge is 0.271 e. The number of nitrogens with two attached hydrogens (primary N) is 1. The molecule has 4 heteroatoms. The highest BCUT2D eigenvalue weighted by Gasteiger charge is 2.16. The van der Waals surface area contributed by atoms with Crippen molar-refractivity contribution in [2.24, 2.45) is 5.84 Å². The molecule has 100 valence electrons. The van der Waals surface area contributed by atoms with Gasteiger partial charge in [-0.1, -0.05) is 18.2 Å². The van der Waals surface area contributed by atoms with Crippen LogP contribution in [0.15, 0.2) is 36.7 Å². The minimum Gasteiger partial charge on any atom is -0.271 e. The molecule has 0 fully saturated rings. The number of pyridine rings is 1. The van der Waals surface area contributed by atoms with Crippen LogP contribution in [0.25, 0.3) is 0 Å². The molecule has 0 aliphatic carbocycles. The van der Waals surface area contributed by atoms with Crippen LogP contribution < -0.4 is 11.3 Å². The van der Waals surface area contributed by atoms with Crippen LogP contribution in [0.5, 0.6) is 0 Å². The number of benzene rings is 1. The zero-order valence-electron chi connectivity index (χ0n) is 11.2. The van der Waals surface area contributed by atoms with Crippen LogP contribution in [0, 0.1) is 19.7 Å². The summed E-state index contributed by atoms with van der Waals surface area (Å²) in [7, 11) is 0. The van der Waals surface area contributed by atoms with Gasteiger partial charge in [-0.15, -0.1) is 0 Å². The number of nitrogens with one attached hydrogen (secondary N) is 1. The van der Waals surface area contributed by atoms with Crippen LogP contribution >= 0.6 is 0 Å². The zero-order valence-corrected chi connectivity index (χ0v) is 11.2. The number of halogens is 1. The lowest BCUT2D eigenvalue weighted by Crippen LogP contribution is -2.30. The molecule has 0 saturated heterocycles. The average Bonchev–Trinajstić information content (AvgIpc) is 2.40. The van der Waals surface area contributed by atoms with Crippen LogP contribution in [0.1, 0.15) is 28.3 Å². The first-order valence-corrected chi connectivity index (χ1v) is 6.24. The molecule has 0 amide bonds. The van der Waals surface area contributed by atoms with Crippen molar-refractivity contribution >= 4 is 0 Å². The molecule has 2 rings (SSSR count). The number of hydrogen-bond acceptors (Lipinski definition) is 3. The van der Waals surface area contributed by atoms with Crippen molar-refractivity contribution in [3.8, 4) is 0 Å². The molecule has 0 spiro atoms. The van der Waals surface area contributed by atoms with Gasteiger partial charge in [0.15, 0.2) is 0 Å². The Balaban J connectivity index is 2.32. The number of aromatic nitrogens is 1. The highest BCUT2D eigenvalue weighted by molar-refractivity contribution is 5.35. The monoisotopic (exact) mass is 259 g/mol. The normalized spacial score (nSPS) is 12.4. The third-order valence-electron chi connectivity index (χ3n) is 3.43. The van der Waals surface area contributed by atoms with Gasteiger partial charge in [-0.3, -0.25) is 16.3 Å². The average molecular weight is 259 g/mol. The molecule has 2 aromatic rings. The molecular formula is C15H18FN3. The maximum atomic E-state index is 13.8. The molecule has 0 bridgehead atoms. The Bertz CT molecular complexity index is 549. The molecule has 0 aliphatic rings. The Kier molecular flexibility index (Phi) is 4.24. The van der Waals surface area contributed by atoms with Crippen LogP contribution in [0.4, 0.5) is 4.39 Å². The Morgan fingerprint density at radius 1 is 1.26 bits per heavy atom. The fraction of sp³-hybridized carbons (Fsp3) is 0.267. The predicted octanol–water partition coefficient (Wildman–Crippen LogP) is 2.58. The third-order valence-corrected chi connectivity index (χ3v) is 3.43. The van der Waals surface area contributed by atoms with Crippen molar-refractivity contribution in [3.63, 3.8) is 0 Å². The number of hydrogen-bond donors (Lipinski definition) is 2. The maximum absolute atomic E-state index is 13.8. The van der Waals surface area contributed by atoms with Crippen LogP contribution in [-0.4, -0.2) is 4.98 Å². The van der Waals surface area contributed by atoms with Gasteiger partial charge in [0.1, 0.15) is 5.82 Å². The van der Waals surface area contributed by atoms with Crippen molar-refractivity contribution in [1.29, 1.82) is 0 Å². The standard InChI is InChI=1S/C15H18FN3/c1-10-4-3-5-11(2)13(10)8-15(19-17)12-6-7-18-9-14(12)16/h3-7,9,15,19H,8,17H2,1-2H3. The summed E-state index contributed by atoms with van der Waals surface area (Å²) in [6.07, 6.45) is 3.44. The van der Waals surface area contributed by atoms with Gasteiger partial charge in [0.05, 0.1) is 12.2 Å². The zero-order chi connectivity index (χ0) is 13.8. The van der Waals surface area contributed by atoms with E-state index < -0.39 is 0 Å². The molecule has 1 unspecified atom stereocenters. The lowest BCUT2D eigenvalue weighted by atomic mass is 9.93. The quantitative estimate of drug-likeness (QED) is 0.655. The van der Waals surface area contributed by atoms with Crippen LogP contribution in [0.3, 0.4) is 0 Å². The van der Waals surface area contributed by atoms with E-state index in [2.05, 4.69) is 36.4 Å². The summed E-state index contributed by atoms with van der Waals surface area (Å²) >= 11 is 0. The van der Waals surface area contributed by atoms with Crippen molar-refractivity contribution in [1.82, 2.24) is 10.4 Å². The van der Waals surface area contributed by atoms with Crippen molar-refractivity contribution < 1.29 is 4.39 Å². The smallest absolute Gasteiger partial charge is 0.146 e. The molecule has 0 radical (unpaired) electrons. The molecular weight excluding hydrogens is 241 g/mol. The Morgan fingerprint density at radius 3 is 2.53 bits per heavy atom. The van der Waals surface area contributed by atoms with Crippen LogP contribution in [-0.2, 0) is 6.42 Å². The Hall–Kier alpha value is -1.78. The first-order chi connectivity index (χ1) is 9.13. The summed E-state index contributed by atoms with van der Waals surface area (Å²) in [4.78, 5) is 3.76. The first kappa shape index (κ1) is 13.6. The molecule has 1 heterocycles. The molecule has 3 nitrogen and oxygen atoms in total. The van der Waals surface area contributed by atoms with E-state index in [1.807, 2.05) is 6.07 Å². The van der Waals surface area contributed by atoms with E-state index in [-0.39, 0.29) is 11.9 Å². The van der Waals surface area contributed by atoms with E-state index in [0.29, 0.717) is 12.0 Å². The molecule has 0 aliphatic heterocycles. The SMILES string of the molecule is Cc1cccc(C)c1CC(NN)c1ccncc1F. The fourth-order valence-corrected chi connectivity index (χ4v) is 2.30. The number of nitrogens with zero attached hydrogens (tertiary/aromatic N) is 1. The first-order valence-electron chi connectivity index (χ1n) is 6.24. The second-order valence-corrected chi connectivity index (χ2v) is 4.69. The lowest BCUT2D eigenvalue weighted by molar-refractivity contribution is 0.506. The molecule has 1 atom stereocenters. The van der Waals surface area contributed by atoms with E-state index in [9.17, 15) is 4.39 Å². The van der Waals surface area contributed by atoms with Gasteiger partial charge in [-0.2, -0.15) is 0 Å². The summed E-state index contributed by atoms with van der Waals surface area (Å²) < 4.78 is 13.8. The van der Waals surface area contributed by atoms with Gasteiger partial charge in [0.2, 0.25) is 0 Å². The molecule has 3 N–H and O–H groups in total. The summed E-state index contributed by atoms with van der Waals surface area (Å²) in [5, 5.41) is 0. The molecule has 0 saturated carbocycles. The van der Waals surface area contributed by atoms with E-state index >= 15 is 0 Å². The van der Waals surface area contributed by atoms with E-state index in [4.69, 9.17) is 5.84 Å². The minimum absolute atomic E-state index is 0.261. The number of rotatable bonds is 4. The second-order valence-electron chi connectivity index (χ2n) is 4.69. The van der Waals surface area contributed by atoms with Gasteiger partial charge in [0, 0.05) is 11.8 Å². The summed E-state index contributed by atoms with van der Waals surface area (Å²) in [5.41, 5.74) is 6.81. The predicted molar refractivity (Wildman–Crippen MR) is 73.9 cm³/mol. The van der Waals surface area contributed by atoms with Crippen molar-refractivity contribution in [2.75, 3.05) is 0 Å². The Morgan fingerprint density at radius 2 is 1.95 bits per heavy atom. The van der Waals surface area contributed by atoms with E-state index in [0.717, 1.165) is 0 Å². The molecule has 19 heavy (non-hydrogen) atoms. The third kappa shape index (κ3) is 2.97. The van der Waals surface area contributed by atoms with Gasteiger partial charge in [-0.25, -0.2) is 4.39 Å². The van der Waals surface area contributed by atoms with Gasteiger partial charge in [-0.05, 0) is 43.0 Å². The Labute approximate surface area is 112 Å². The topological polar surface area (TPSA) is 50.9 Å². The lowest BCUT2D eigenvalue weighted by Gasteiger charge is -2.19. The number of hydrazine groups is 1. The van der Waals surface area contributed by atoms with E-state index in [1.165, 1.54) is 22.9 Å². The molecule has 1 aromatic heterocycles. The van der Waals surface area contributed by atoms with Crippen LogP contribution in [0.2, 0.25) is 0 Å². The molecule has 1 aromatic carbocycles. The highest BCUT2D eigenvalue weighted by Crippen LogP contribution is 2.23. The van der Waals surface area contributed by atoms with Crippen molar-refractivity contribution in [2.45, 2.75) is 26.3 Å². The summed E-state index contributed by atoms with van der Waals surface area (Å²) in [6, 6.07) is 7.53. The highest BCUT2D eigenvalue weighted by atomic mass is 19.1. The fourth-order valence-electron chi connectivity index (χ4n) is 2.30. The number of aryl methyl sites for hydroxylation is 2. The van der Waals surface area contributed by atoms with Gasteiger partial charge in [0.25, 0.3) is 0 Å². The van der Waals surface area contributed by atoms with Crippen molar-refractivity contribution in [3.05, 3.63) is 64.7 Å². The van der Waals surface area contributed by atoms with E-state index in [1.54, 1.807) is 12.3 Å². The summed E-state index contributed by atoms with van der Waals surface area (Å²) in [5.74, 6) is 5.25. The maximum Gasteiger partial charge on any atom is 0.146 e. The second kappa shape index (κ2) is 5.91. The minimum atomic E-state index is -0.336. The van der Waals surface area contributed by atoms with Gasteiger partial charge >= 0.3 is 0 Å². The van der Waals surface area contributed by atoms with Gasteiger partial charge < -0.3 is 0 Å². The summed E-state index contributed by atoms with van der Waals surface area (Å²) in [6.45, 7) is 4.11.